The molecule has 0 aromatic carbocycles. The summed E-state index contributed by atoms with van der Waals surface area (Å²) in [6, 6.07) is 0. The smallest absolute Gasteiger partial charge is 0.244 e. The Labute approximate surface area is 102 Å². The van der Waals surface area contributed by atoms with Crippen molar-refractivity contribution in [3.05, 3.63) is 12.4 Å². The molecule has 0 atom stereocenters. The van der Waals surface area contributed by atoms with Gasteiger partial charge in [0.25, 0.3) is 0 Å². The van der Waals surface area contributed by atoms with Crippen molar-refractivity contribution in [2.45, 2.75) is 38.6 Å². The van der Waals surface area contributed by atoms with Crippen molar-refractivity contribution in [2.75, 3.05) is 18.8 Å². The molecular weight excluding hydrogens is 216 g/mol. The van der Waals surface area contributed by atoms with Crippen LogP contribution in [0.4, 0.5) is 5.69 Å². The summed E-state index contributed by atoms with van der Waals surface area (Å²) in [5.74, 6) is 0.148. The van der Waals surface area contributed by atoms with Crippen molar-refractivity contribution in [1.82, 2.24) is 14.7 Å². The topological polar surface area (TPSA) is 64.1 Å². The van der Waals surface area contributed by atoms with Crippen LogP contribution in [0.1, 0.15) is 32.1 Å². The maximum absolute atomic E-state index is 12.1. The van der Waals surface area contributed by atoms with Crippen LogP contribution in [0.3, 0.4) is 0 Å². The van der Waals surface area contributed by atoms with Gasteiger partial charge in [-0.25, -0.2) is 0 Å². The molecule has 0 unspecified atom stereocenters. The predicted molar refractivity (Wildman–Crippen MR) is 66.3 cm³/mol. The van der Waals surface area contributed by atoms with Crippen LogP contribution >= 0.6 is 0 Å². The molecule has 0 spiro atoms. The number of nitrogens with two attached hydrogens (primary N) is 1. The molecule has 94 valence electrons. The van der Waals surface area contributed by atoms with E-state index >= 15 is 0 Å². The van der Waals surface area contributed by atoms with Crippen molar-refractivity contribution in [2.24, 2.45) is 0 Å². The van der Waals surface area contributed by atoms with Crippen LogP contribution in [0.15, 0.2) is 12.4 Å². The van der Waals surface area contributed by atoms with Crippen molar-refractivity contribution >= 4 is 11.6 Å². The predicted octanol–water partition coefficient (Wildman–Crippen LogP) is 1.26. The molecule has 1 aliphatic heterocycles. The molecule has 0 saturated carbocycles. The van der Waals surface area contributed by atoms with Crippen molar-refractivity contribution in [1.29, 1.82) is 0 Å². The third-order valence-corrected chi connectivity index (χ3v) is 3.16. The zero-order valence-electron chi connectivity index (χ0n) is 10.1. The first kappa shape index (κ1) is 12.0. The molecule has 0 radical (unpaired) electrons. The number of amides is 1. The molecule has 5 heteroatoms. The number of anilines is 1. The minimum atomic E-state index is 0.148. The number of nitrogens with zero attached hydrogens (tertiary/aromatic N) is 3. The van der Waals surface area contributed by atoms with Gasteiger partial charge in [-0.2, -0.15) is 5.10 Å². The first-order valence-electron chi connectivity index (χ1n) is 6.31. The first-order valence-corrected chi connectivity index (χ1v) is 6.31. The summed E-state index contributed by atoms with van der Waals surface area (Å²) in [6.07, 6.45) is 9.28. The fourth-order valence-electron chi connectivity index (χ4n) is 2.20. The average Bonchev–Trinajstić information content (AvgIpc) is 2.63. The molecule has 1 saturated heterocycles. The number of aromatic nitrogens is 2. The van der Waals surface area contributed by atoms with Crippen LogP contribution in [0.2, 0.25) is 0 Å². The maximum atomic E-state index is 12.1. The van der Waals surface area contributed by atoms with Gasteiger partial charge < -0.3 is 10.6 Å². The van der Waals surface area contributed by atoms with Gasteiger partial charge in [0.05, 0.1) is 11.9 Å². The molecule has 1 fully saturated rings. The molecule has 17 heavy (non-hydrogen) atoms. The lowest BCUT2D eigenvalue weighted by molar-refractivity contribution is -0.132. The number of hydrogen-bond donors (Lipinski definition) is 1. The van der Waals surface area contributed by atoms with Crippen LogP contribution in [-0.4, -0.2) is 33.7 Å². The minimum Gasteiger partial charge on any atom is -0.396 e. The highest BCUT2D eigenvalue weighted by molar-refractivity contribution is 5.76. The van der Waals surface area contributed by atoms with Gasteiger partial charge in [0.2, 0.25) is 5.91 Å². The summed E-state index contributed by atoms with van der Waals surface area (Å²) < 4.78 is 1.61. The molecule has 1 aliphatic rings. The lowest BCUT2D eigenvalue weighted by atomic mass is 10.1. The first-order chi connectivity index (χ1) is 8.25. The number of carbonyl (C=O) groups excluding carboxylic acids is 1. The van der Waals surface area contributed by atoms with Crippen molar-refractivity contribution in [3.63, 3.8) is 0 Å². The normalized spacial score (nSPS) is 17.5. The van der Waals surface area contributed by atoms with Gasteiger partial charge in [-0.15, -0.1) is 0 Å². The highest BCUT2D eigenvalue weighted by atomic mass is 16.2. The van der Waals surface area contributed by atoms with Crippen LogP contribution < -0.4 is 5.73 Å². The third-order valence-electron chi connectivity index (χ3n) is 3.16. The van der Waals surface area contributed by atoms with E-state index in [0.717, 1.165) is 25.9 Å². The Morgan fingerprint density at radius 3 is 2.47 bits per heavy atom. The van der Waals surface area contributed by atoms with E-state index in [9.17, 15) is 4.79 Å². The van der Waals surface area contributed by atoms with E-state index in [1.165, 1.54) is 19.3 Å². The highest BCUT2D eigenvalue weighted by Gasteiger charge is 2.15. The fraction of sp³-hybridized carbons (Fsp3) is 0.667. The quantitative estimate of drug-likeness (QED) is 0.840. The summed E-state index contributed by atoms with van der Waals surface area (Å²) in [4.78, 5) is 14.0. The van der Waals surface area contributed by atoms with Gasteiger partial charge in [-0.05, 0) is 12.8 Å². The second-order valence-electron chi connectivity index (χ2n) is 4.62. The fourth-order valence-corrected chi connectivity index (χ4v) is 2.20. The molecule has 1 aromatic heterocycles. The van der Waals surface area contributed by atoms with Gasteiger partial charge in [-0.3, -0.25) is 9.48 Å². The Morgan fingerprint density at radius 1 is 1.24 bits per heavy atom. The monoisotopic (exact) mass is 236 g/mol. The zero-order chi connectivity index (χ0) is 12.1. The molecule has 1 aromatic rings. The second kappa shape index (κ2) is 5.70. The summed E-state index contributed by atoms with van der Waals surface area (Å²) in [7, 11) is 0. The number of hydrogen-bond acceptors (Lipinski definition) is 3. The molecule has 0 aliphatic carbocycles. The molecule has 2 heterocycles. The third kappa shape index (κ3) is 3.47. The van der Waals surface area contributed by atoms with E-state index in [-0.39, 0.29) is 5.91 Å². The SMILES string of the molecule is Nc1cnn(CC(=O)N2CCCCCCC2)c1. The molecule has 2 N–H and O–H groups in total. The summed E-state index contributed by atoms with van der Waals surface area (Å²) in [5.41, 5.74) is 6.17. The van der Waals surface area contributed by atoms with E-state index in [1.807, 2.05) is 4.90 Å². The van der Waals surface area contributed by atoms with E-state index in [0.29, 0.717) is 12.2 Å². The van der Waals surface area contributed by atoms with E-state index in [1.54, 1.807) is 17.1 Å². The number of nitrogen functional groups attached to an aromatic ring is 1. The van der Waals surface area contributed by atoms with Gasteiger partial charge in [0.15, 0.2) is 0 Å². The Morgan fingerprint density at radius 2 is 1.88 bits per heavy atom. The molecular formula is C12H20N4O. The van der Waals surface area contributed by atoms with Crippen molar-refractivity contribution < 1.29 is 4.79 Å². The van der Waals surface area contributed by atoms with E-state index < -0.39 is 0 Å². The Kier molecular flexibility index (Phi) is 4.01. The Bertz CT molecular complexity index is 366. The van der Waals surface area contributed by atoms with Crippen LogP contribution in [0.5, 0.6) is 0 Å². The zero-order valence-corrected chi connectivity index (χ0v) is 10.1. The molecule has 1 amide bonds. The molecule has 0 bridgehead atoms. The largest absolute Gasteiger partial charge is 0.396 e. The van der Waals surface area contributed by atoms with Crippen LogP contribution in [0.25, 0.3) is 0 Å². The lowest BCUT2D eigenvalue weighted by Gasteiger charge is -2.24. The standard InChI is InChI=1S/C12H20N4O/c13-11-8-14-16(9-11)10-12(17)15-6-4-2-1-3-5-7-15/h8-9H,1-7,10,13H2. The van der Waals surface area contributed by atoms with E-state index in [4.69, 9.17) is 5.73 Å². The van der Waals surface area contributed by atoms with Crippen LogP contribution in [0, 0.1) is 0 Å². The summed E-state index contributed by atoms with van der Waals surface area (Å²) in [5, 5.41) is 4.04. The van der Waals surface area contributed by atoms with Crippen LogP contribution in [-0.2, 0) is 11.3 Å². The number of rotatable bonds is 2. The van der Waals surface area contributed by atoms with Gasteiger partial charge in [0, 0.05) is 19.3 Å². The Balaban J connectivity index is 1.89. The Hall–Kier alpha value is -1.52. The minimum absolute atomic E-state index is 0.148. The van der Waals surface area contributed by atoms with Gasteiger partial charge >= 0.3 is 0 Å². The highest BCUT2D eigenvalue weighted by Crippen LogP contribution is 2.11. The van der Waals surface area contributed by atoms with E-state index in [2.05, 4.69) is 5.10 Å². The summed E-state index contributed by atoms with van der Waals surface area (Å²) >= 11 is 0. The van der Waals surface area contributed by atoms with Crippen molar-refractivity contribution in [3.8, 4) is 0 Å². The van der Waals surface area contributed by atoms with Gasteiger partial charge in [0.1, 0.15) is 6.54 Å². The lowest BCUT2D eigenvalue weighted by Crippen LogP contribution is -2.36. The molecule has 5 nitrogen and oxygen atoms in total. The number of carbonyl (C=O) groups is 1. The van der Waals surface area contributed by atoms with Gasteiger partial charge in [-0.1, -0.05) is 19.3 Å². The number of likely N-dealkylation sites (tertiary alicyclic amines) is 1. The molecule has 2 rings (SSSR count). The average molecular weight is 236 g/mol. The second-order valence-corrected chi connectivity index (χ2v) is 4.62. The summed E-state index contributed by atoms with van der Waals surface area (Å²) in [6.45, 7) is 2.07. The maximum Gasteiger partial charge on any atom is 0.244 e.